The largest absolute Gasteiger partial charge is 0.371 e. The molecule has 0 spiro atoms. The van der Waals surface area contributed by atoms with Gasteiger partial charge in [0.25, 0.3) is 0 Å². The topological polar surface area (TPSA) is 84.6 Å². The van der Waals surface area contributed by atoms with E-state index in [0.29, 0.717) is 24.9 Å². The van der Waals surface area contributed by atoms with E-state index in [1.165, 1.54) is 44.9 Å². The van der Waals surface area contributed by atoms with Gasteiger partial charge >= 0.3 is 0 Å². The summed E-state index contributed by atoms with van der Waals surface area (Å²) in [4.78, 5) is 8.90. The van der Waals surface area contributed by atoms with Crippen LogP contribution in [0.3, 0.4) is 0 Å². The highest BCUT2D eigenvalue weighted by molar-refractivity contribution is 5.79. The van der Waals surface area contributed by atoms with Gasteiger partial charge in [-0.05, 0) is 39.5 Å². The molecule has 1 aromatic heterocycles. The molecule has 7 nitrogen and oxygen atoms in total. The van der Waals surface area contributed by atoms with Gasteiger partial charge in [0.05, 0.1) is 0 Å². The number of rotatable bonds is 10. The van der Waals surface area contributed by atoms with Crippen LogP contribution in [0.2, 0.25) is 0 Å². The Morgan fingerprint density at radius 1 is 1.27 bits per heavy atom. The molecule has 2 N–H and O–H groups in total. The molecule has 1 fully saturated rings. The molecule has 26 heavy (non-hydrogen) atoms. The Bertz CT molecular complexity index is 526. The van der Waals surface area contributed by atoms with Gasteiger partial charge in [0, 0.05) is 19.7 Å². The zero-order valence-electron chi connectivity index (χ0n) is 16.6. The summed E-state index contributed by atoms with van der Waals surface area (Å²) in [7, 11) is 0. The highest BCUT2D eigenvalue weighted by Gasteiger charge is 2.14. The summed E-state index contributed by atoms with van der Waals surface area (Å²) in [6, 6.07) is 0. The Morgan fingerprint density at radius 3 is 2.81 bits per heavy atom. The normalized spacial score (nSPS) is 17.3. The third-order valence-corrected chi connectivity index (χ3v) is 4.79. The molecule has 148 valence electrons. The summed E-state index contributed by atoms with van der Waals surface area (Å²) in [5.74, 6) is 2.80. The van der Waals surface area contributed by atoms with Crippen LogP contribution in [0.15, 0.2) is 9.52 Å². The minimum atomic E-state index is -0.160. The van der Waals surface area contributed by atoms with Gasteiger partial charge in [0.15, 0.2) is 11.8 Å². The third kappa shape index (κ3) is 7.32. The van der Waals surface area contributed by atoms with Crippen LogP contribution >= 0.6 is 0 Å². The first kappa shape index (κ1) is 20.7. The zero-order chi connectivity index (χ0) is 18.6. The van der Waals surface area contributed by atoms with Crippen molar-refractivity contribution in [2.75, 3.05) is 19.7 Å². The predicted octanol–water partition coefficient (Wildman–Crippen LogP) is 3.58. The maximum atomic E-state index is 5.48. The molecule has 1 heterocycles. The van der Waals surface area contributed by atoms with Crippen LogP contribution < -0.4 is 10.6 Å². The maximum Gasteiger partial charge on any atom is 0.248 e. The van der Waals surface area contributed by atoms with Gasteiger partial charge in [-0.2, -0.15) is 4.98 Å². The molecule has 2 rings (SSSR count). The molecule has 1 unspecified atom stereocenters. The molecule has 7 heteroatoms. The van der Waals surface area contributed by atoms with E-state index >= 15 is 0 Å². The van der Waals surface area contributed by atoms with Crippen molar-refractivity contribution in [1.82, 2.24) is 20.8 Å². The average Bonchev–Trinajstić information content (AvgIpc) is 3.13. The van der Waals surface area contributed by atoms with Crippen LogP contribution in [0.1, 0.15) is 83.5 Å². The summed E-state index contributed by atoms with van der Waals surface area (Å²) in [6.07, 6.45) is 9.41. The Morgan fingerprint density at radius 2 is 2.08 bits per heavy atom. The van der Waals surface area contributed by atoms with Crippen molar-refractivity contribution >= 4 is 5.96 Å². The van der Waals surface area contributed by atoms with Crippen molar-refractivity contribution in [2.24, 2.45) is 10.9 Å². The summed E-state index contributed by atoms with van der Waals surface area (Å²) in [5, 5.41) is 10.6. The lowest BCUT2D eigenvalue weighted by molar-refractivity contribution is 0.0683. The Kier molecular flexibility index (Phi) is 9.45. The van der Waals surface area contributed by atoms with Crippen LogP contribution in [-0.4, -0.2) is 35.8 Å². The quantitative estimate of drug-likeness (QED) is 0.374. The van der Waals surface area contributed by atoms with Crippen molar-refractivity contribution in [3.8, 4) is 0 Å². The lowest BCUT2D eigenvalue weighted by Crippen LogP contribution is -2.37. The first-order valence-electron chi connectivity index (χ1n) is 10.2. The van der Waals surface area contributed by atoms with Gasteiger partial charge in [0.1, 0.15) is 12.6 Å². The van der Waals surface area contributed by atoms with E-state index in [2.05, 4.69) is 32.7 Å². The first-order chi connectivity index (χ1) is 12.7. The molecular formula is C19H35N5O2. The minimum absolute atomic E-state index is 0.160. The Hall–Kier alpha value is -1.63. The second-order valence-electron chi connectivity index (χ2n) is 6.91. The first-order valence-corrected chi connectivity index (χ1v) is 10.2. The Balaban J connectivity index is 1.74. The number of hydrogen-bond donors (Lipinski definition) is 2. The van der Waals surface area contributed by atoms with Crippen molar-refractivity contribution < 1.29 is 9.26 Å². The highest BCUT2D eigenvalue weighted by Crippen LogP contribution is 2.26. The summed E-state index contributed by atoms with van der Waals surface area (Å²) in [6.45, 7) is 8.68. The van der Waals surface area contributed by atoms with Crippen molar-refractivity contribution in [1.29, 1.82) is 0 Å². The SMILES string of the molecule is CCNC(=NCc1nc(C(C)OCC)no1)NCCCC1CCCCC1. The van der Waals surface area contributed by atoms with E-state index < -0.39 is 0 Å². The molecule has 1 aromatic rings. The number of nitrogens with zero attached hydrogens (tertiary/aromatic N) is 3. The molecule has 0 radical (unpaired) electrons. The third-order valence-electron chi connectivity index (χ3n) is 4.79. The minimum Gasteiger partial charge on any atom is -0.371 e. The molecule has 0 amide bonds. The molecular weight excluding hydrogens is 330 g/mol. The van der Waals surface area contributed by atoms with E-state index in [-0.39, 0.29) is 6.10 Å². The molecule has 1 aliphatic rings. The lowest BCUT2D eigenvalue weighted by Gasteiger charge is -2.21. The second kappa shape index (κ2) is 11.9. The fourth-order valence-electron chi connectivity index (χ4n) is 3.38. The highest BCUT2D eigenvalue weighted by atomic mass is 16.5. The maximum absolute atomic E-state index is 5.48. The van der Waals surface area contributed by atoms with E-state index in [0.717, 1.165) is 25.0 Å². The van der Waals surface area contributed by atoms with Gasteiger partial charge in [-0.1, -0.05) is 37.3 Å². The average molecular weight is 366 g/mol. The van der Waals surface area contributed by atoms with Gasteiger partial charge in [-0.15, -0.1) is 0 Å². The number of guanidine groups is 1. The van der Waals surface area contributed by atoms with Gasteiger partial charge < -0.3 is 19.9 Å². The van der Waals surface area contributed by atoms with Crippen LogP contribution in [-0.2, 0) is 11.3 Å². The second-order valence-corrected chi connectivity index (χ2v) is 6.91. The summed E-state index contributed by atoms with van der Waals surface area (Å²) in [5.41, 5.74) is 0. The molecule has 1 saturated carbocycles. The van der Waals surface area contributed by atoms with Crippen LogP contribution in [0.25, 0.3) is 0 Å². The molecule has 0 bridgehead atoms. The van der Waals surface area contributed by atoms with E-state index in [1.807, 2.05) is 13.8 Å². The number of hydrogen-bond acceptors (Lipinski definition) is 5. The summed E-state index contributed by atoms with van der Waals surface area (Å²) >= 11 is 0. The van der Waals surface area contributed by atoms with Crippen molar-refractivity contribution in [2.45, 2.75) is 78.4 Å². The van der Waals surface area contributed by atoms with Crippen molar-refractivity contribution in [3.05, 3.63) is 11.7 Å². The summed E-state index contributed by atoms with van der Waals surface area (Å²) < 4.78 is 10.7. The number of aromatic nitrogens is 2. The van der Waals surface area contributed by atoms with Gasteiger partial charge in [-0.25, -0.2) is 4.99 Å². The molecule has 0 aromatic carbocycles. The van der Waals surface area contributed by atoms with E-state index in [4.69, 9.17) is 9.26 Å². The fraction of sp³-hybridized carbons (Fsp3) is 0.842. The number of nitrogens with one attached hydrogen (secondary N) is 2. The monoisotopic (exact) mass is 365 g/mol. The lowest BCUT2D eigenvalue weighted by atomic mass is 9.86. The molecule has 0 aliphatic heterocycles. The molecule has 1 atom stereocenters. The molecule has 0 saturated heterocycles. The smallest absolute Gasteiger partial charge is 0.248 e. The van der Waals surface area contributed by atoms with Gasteiger partial charge in [-0.3, -0.25) is 0 Å². The zero-order valence-corrected chi connectivity index (χ0v) is 16.6. The van der Waals surface area contributed by atoms with E-state index in [9.17, 15) is 0 Å². The van der Waals surface area contributed by atoms with Crippen LogP contribution in [0, 0.1) is 5.92 Å². The van der Waals surface area contributed by atoms with Crippen LogP contribution in [0.5, 0.6) is 0 Å². The number of aliphatic imine (C=N–C) groups is 1. The van der Waals surface area contributed by atoms with E-state index in [1.54, 1.807) is 0 Å². The van der Waals surface area contributed by atoms with Gasteiger partial charge in [0.2, 0.25) is 5.89 Å². The fourth-order valence-corrected chi connectivity index (χ4v) is 3.38. The number of ether oxygens (including phenoxy) is 1. The van der Waals surface area contributed by atoms with Crippen LogP contribution in [0.4, 0.5) is 0 Å². The van der Waals surface area contributed by atoms with Crippen molar-refractivity contribution in [3.63, 3.8) is 0 Å². The Labute approximate surface area is 157 Å². The molecule has 1 aliphatic carbocycles. The predicted molar refractivity (Wildman–Crippen MR) is 103 cm³/mol. The standard InChI is InChI=1S/C19H35N5O2/c1-4-20-19(21-13-9-12-16-10-7-6-8-11-16)22-14-17-23-18(24-26-17)15(3)25-5-2/h15-16H,4-14H2,1-3H3,(H2,20,21,22).